The third-order valence-corrected chi connectivity index (χ3v) is 7.32. The topological polar surface area (TPSA) is 149 Å². The summed E-state index contributed by atoms with van der Waals surface area (Å²) in [6.45, 7) is -0.489. The first-order valence-electron chi connectivity index (χ1n) is 12.5. The zero-order chi connectivity index (χ0) is 27.1. The van der Waals surface area contributed by atoms with E-state index < -0.39 is 42.2 Å². The fourth-order valence-corrected chi connectivity index (χ4v) is 5.53. The van der Waals surface area contributed by atoms with Crippen LogP contribution in [0, 0.1) is 0 Å². The van der Waals surface area contributed by atoms with Crippen LogP contribution in [0.3, 0.4) is 0 Å². The largest absolute Gasteiger partial charge is 0.394 e. The second-order valence-electron chi connectivity index (χ2n) is 9.47. The minimum Gasteiger partial charge on any atom is -0.394 e. The molecule has 2 aromatic heterocycles. The highest BCUT2D eigenvalue weighted by Crippen LogP contribution is 2.41. The quantitative estimate of drug-likeness (QED) is 0.245. The smallest absolute Gasteiger partial charge is 0.284 e. The van der Waals surface area contributed by atoms with Crippen LogP contribution in [0.2, 0.25) is 0 Å². The minimum atomic E-state index is -1.37. The van der Waals surface area contributed by atoms with Crippen LogP contribution in [0.4, 0.5) is 5.95 Å². The summed E-state index contributed by atoms with van der Waals surface area (Å²) in [4.78, 5) is 23.3. The van der Waals surface area contributed by atoms with E-state index in [0.29, 0.717) is 0 Å². The molecule has 4 atom stereocenters. The summed E-state index contributed by atoms with van der Waals surface area (Å²) < 4.78 is 8.46. The Bertz CT molecular complexity index is 1560. The lowest BCUT2D eigenvalue weighted by Gasteiger charge is -2.38. The lowest BCUT2D eigenvalue weighted by atomic mass is 9.76. The van der Waals surface area contributed by atoms with Crippen LogP contribution in [-0.4, -0.2) is 59.3 Å². The van der Waals surface area contributed by atoms with Crippen LogP contribution in [0.15, 0.2) is 102 Å². The molecule has 1 aliphatic heterocycles. The van der Waals surface area contributed by atoms with Crippen LogP contribution in [0.5, 0.6) is 0 Å². The molecule has 198 valence electrons. The first-order chi connectivity index (χ1) is 19.0. The van der Waals surface area contributed by atoms with Crippen molar-refractivity contribution in [3.63, 3.8) is 0 Å². The van der Waals surface area contributed by atoms with Gasteiger partial charge in [0.25, 0.3) is 5.56 Å². The molecule has 10 heteroatoms. The van der Waals surface area contributed by atoms with Gasteiger partial charge in [-0.05, 0) is 16.7 Å². The number of aliphatic hydroxyl groups excluding tert-OH is 3. The van der Waals surface area contributed by atoms with Crippen LogP contribution >= 0.6 is 0 Å². The van der Waals surface area contributed by atoms with Gasteiger partial charge in [0, 0.05) is 0 Å². The second-order valence-corrected chi connectivity index (χ2v) is 9.47. The Morgan fingerprint density at radius 3 is 1.82 bits per heavy atom. The molecule has 3 heterocycles. The van der Waals surface area contributed by atoms with Gasteiger partial charge in [-0.3, -0.25) is 13.9 Å². The summed E-state index contributed by atoms with van der Waals surface area (Å²) >= 11 is 0. The molecule has 10 nitrogen and oxygen atoms in total. The monoisotopic (exact) mass is 525 g/mol. The number of anilines is 1. The van der Waals surface area contributed by atoms with Crippen molar-refractivity contribution in [2.45, 2.75) is 30.1 Å². The zero-order valence-electron chi connectivity index (χ0n) is 20.8. The van der Waals surface area contributed by atoms with E-state index in [-0.39, 0.29) is 17.1 Å². The highest BCUT2D eigenvalue weighted by atomic mass is 16.6. The number of fused-ring (bicyclic) bond motifs is 1. The van der Waals surface area contributed by atoms with Crippen molar-refractivity contribution in [1.29, 1.82) is 0 Å². The van der Waals surface area contributed by atoms with Gasteiger partial charge in [-0.15, -0.1) is 0 Å². The van der Waals surface area contributed by atoms with Crippen LogP contribution in [0.25, 0.3) is 11.2 Å². The molecule has 0 amide bonds. The van der Waals surface area contributed by atoms with Crippen molar-refractivity contribution < 1.29 is 20.1 Å². The van der Waals surface area contributed by atoms with Gasteiger partial charge < -0.3 is 25.8 Å². The van der Waals surface area contributed by atoms with Crippen molar-refractivity contribution >= 4 is 17.1 Å². The maximum Gasteiger partial charge on any atom is 0.284 e. The molecule has 6 rings (SSSR count). The average molecular weight is 526 g/mol. The zero-order valence-corrected chi connectivity index (χ0v) is 20.8. The summed E-state index contributed by atoms with van der Waals surface area (Å²) in [5.41, 5.74) is 7.42. The molecule has 5 N–H and O–H groups in total. The number of aliphatic hydroxyl groups is 3. The van der Waals surface area contributed by atoms with Crippen molar-refractivity contribution in [3.8, 4) is 0 Å². The van der Waals surface area contributed by atoms with Gasteiger partial charge in [0.1, 0.15) is 23.9 Å². The molecule has 0 radical (unpaired) electrons. The Morgan fingerprint density at radius 2 is 1.36 bits per heavy atom. The van der Waals surface area contributed by atoms with Crippen LogP contribution in [0.1, 0.15) is 22.9 Å². The maximum atomic E-state index is 14.4. The summed E-state index contributed by atoms with van der Waals surface area (Å²) in [5.74, 6) is -0.0856. The van der Waals surface area contributed by atoms with E-state index in [9.17, 15) is 20.1 Å². The summed E-state index contributed by atoms with van der Waals surface area (Å²) in [6.07, 6.45) is -3.49. The number of benzene rings is 3. The van der Waals surface area contributed by atoms with Gasteiger partial charge in [0.2, 0.25) is 5.95 Å². The first-order valence-corrected chi connectivity index (χ1v) is 12.5. The molecule has 1 fully saturated rings. The third kappa shape index (κ3) is 3.76. The Balaban J connectivity index is 1.66. The van der Waals surface area contributed by atoms with E-state index in [4.69, 9.17) is 10.5 Å². The van der Waals surface area contributed by atoms with Gasteiger partial charge in [-0.1, -0.05) is 91.0 Å². The SMILES string of the molecule is Nc1nc2c(ncn2[C@@H]2O[C@H](CO)[C@@H](O)[C@H]2O)c(=O)n1C(c1ccccc1)(c1ccccc1)c1ccccc1. The molecule has 1 aliphatic rings. The first kappa shape index (κ1) is 25.0. The van der Waals surface area contributed by atoms with Crippen molar-refractivity contribution in [3.05, 3.63) is 124 Å². The number of nitrogens with two attached hydrogens (primary N) is 1. The average Bonchev–Trinajstić information content (AvgIpc) is 3.52. The predicted octanol–water partition coefficient (Wildman–Crippen LogP) is 1.63. The molecule has 1 saturated heterocycles. The van der Waals surface area contributed by atoms with Crippen LogP contribution in [-0.2, 0) is 10.3 Å². The molecule has 0 spiro atoms. The van der Waals surface area contributed by atoms with E-state index in [1.807, 2.05) is 91.0 Å². The fourth-order valence-electron chi connectivity index (χ4n) is 5.53. The maximum absolute atomic E-state index is 14.4. The highest BCUT2D eigenvalue weighted by molar-refractivity contribution is 5.72. The van der Waals surface area contributed by atoms with Gasteiger partial charge in [0.05, 0.1) is 12.9 Å². The molecule has 0 unspecified atom stereocenters. The lowest BCUT2D eigenvalue weighted by molar-refractivity contribution is -0.0511. The number of imidazole rings is 1. The number of aromatic nitrogens is 4. The summed E-state index contributed by atoms with van der Waals surface area (Å²) in [7, 11) is 0. The van der Waals surface area contributed by atoms with Crippen molar-refractivity contribution in [2.24, 2.45) is 0 Å². The molecular weight excluding hydrogens is 498 g/mol. The van der Waals surface area contributed by atoms with Gasteiger partial charge in [-0.2, -0.15) is 4.98 Å². The van der Waals surface area contributed by atoms with E-state index in [1.54, 1.807) is 0 Å². The van der Waals surface area contributed by atoms with Gasteiger partial charge >= 0.3 is 0 Å². The van der Waals surface area contributed by atoms with Gasteiger partial charge in [0.15, 0.2) is 17.4 Å². The number of hydrogen-bond donors (Lipinski definition) is 4. The number of rotatable bonds is 6. The van der Waals surface area contributed by atoms with Crippen LogP contribution < -0.4 is 11.3 Å². The van der Waals surface area contributed by atoms with Crippen molar-refractivity contribution in [1.82, 2.24) is 19.1 Å². The Kier molecular flexibility index (Phi) is 6.24. The summed E-state index contributed by atoms with van der Waals surface area (Å²) in [6, 6.07) is 28.8. The lowest BCUT2D eigenvalue weighted by Crippen LogP contribution is -2.46. The molecule has 5 aromatic rings. The molecular formula is C29H27N5O5. The molecule has 39 heavy (non-hydrogen) atoms. The second kappa shape index (κ2) is 9.75. The number of nitrogen functional groups attached to an aromatic ring is 1. The van der Waals surface area contributed by atoms with E-state index in [0.717, 1.165) is 16.7 Å². The summed E-state index contributed by atoms with van der Waals surface area (Å²) in [5, 5.41) is 30.4. The fraction of sp³-hybridized carbons (Fsp3) is 0.207. The van der Waals surface area contributed by atoms with E-state index >= 15 is 0 Å². The van der Waals surface area contributed by atoms with E-state index in [2.05, 4.69) is 9.97 Å². The number of hydrogen-bond acceptors (Lipinski definition) is 8. The number of ether oxygens (including phenoxy) is 1. The number of nitrogens with zero attached hydrogens (tertiary/aromatic N) is 4. The Labute approximate surface area is 223 Å². The molecule has 0 saturated carbocycles. The molecule has 3 aromatic carbocycles. The third-order valence-electron chi connectivity index (χ3n) is 7.32. The van der Waals surface area contributed by atoms with E-state index in [1.165, 1.54) is 15.5 Å². The highest BCUT2D eigenvalue weighted by Gasteiger charge is 2.45. The standard InChI is InChI=1S/C29H27N5O5/c30-28-32-25-22(31-17-33(25)27-24(37)23(36)21(16-35)39-27)26(38)34(28)29(18-10-4-1-5-11-18,19-12-6-2-7-13-19)20-14-8-3-9-15-20/h1-15,17,21,23-24,27,35-37H,16H2,(H2,30,32)/t21-,23-,24-,27-/m1/s1. The van der Waals surface area contributed by atoms with Gasteiger partial charge in [-0.25, -0.2) is 4.98 Å². The normalized spacial score (nSPS) is 21.4. The molecule has 0 bridgehead atoms. The minimum absolute atomic E-state index is 0.00843. The Morgan fingerprint density at radius 1 is 0.846 bits per heavy atom. The molecule has 0 aliphatic carbocycles. The Hall–Kier alpha value is -4.35. The van der Waals surface area contributed by atoms with Crippen molar-refractivity contribution in [2.75, 3.05) is 12.3 Å². The predicted molar refractivity (Wildman–Crippen MR) is 144 cm³/mol.